The number of rotatable bonds is 14. The summed E-state index contributed by atoms with van der Waals surface area (Å²) in [5.41, 5.74) is 2.97. The van der Waals surface area contributed by atoms with Gasteiger partial charge in [-0.05, 0) is 22.8 Å². The van der Waals surface area contributed by atoms with Crippen LogP contribution in [-0.4, -0.2) is 76.4 Å². The standard InChI is InChI=1S/C34H37N5O6/c1-23(42)35-30(21-40)33(44)36-28(18-26-20-39(22-41)31-16-10-9-15-27(26)31)32(43)37-29(17-24-11-5-3-6-12-24)34(45)38(2)19-25-13-7-4-8-14-25/h3-16,20,22,28-30,40H,17-19,21H2,1-2H3,(H,35,42)(H,36,44)(H,37,43)/t28-,29+,30?/m1/s1. The highest BCUT2D eigenvalue weighted by atomic mass is 16.3. The maximum Gasteiger partial charge on any atom is 0.245 e. The van der Waals surface area contributed by atoms with Gasteiger partial charge >= 0.3 is 0 Å². The number of fused-ring (bicyclic) bond motifs is 1. The third kappa shape index (κ3) is 8.64. The molecule has 0 spiro atoms. The number of nitrogens with one attached hydrogen (secondary N) is 3. The highest BCUT2D eigenvalue weighted by Crippen LogP contribution is 2.22. The van der Waals surface area contributed by atoms with E-state index in [1.54, 1.807) is 37.5 Å². The van der Waals surface area contributed by atoms with E-state index in [-0.39, 0.29) is 18.7 Å². The molecule has 0 bridgehead atoms. The minimum Gasteiger partial charge on any atom is -0.394 e. The van der Waals surface area contributed by atoms with Crippen LogP contribution in [0.25, 0.3) is 10.9 Å². The number of para-hydroxylation sites is 1. The molecule has 1 heterocycles. The normalized spacial score (nSPS) is 12.9. The van der Waals surface area contributed by atoms with Gasteiger partial charge in [-0.15, -0.1) is 0 Å². The summed E-state index contributed by atoms with van der Waals surface area (Å²) in [6.07, 6.45) is 2.39. The lowest BCUT2D eigenvalue weighted by Crippen LogP contribution is -2.58. The van der Waals surface area contributed by atoms with Crippen molar-refractivity contribution in [2.45, 2.75) is 44.4 Å². The van der Waals surface area contributed by atoms with Crippen molar-refractivity contribution in [2.75, 3.05) is 13.7 Å². The fraction of sp³-hybridized carbons (Fsp3) is 0.265. The molecule has 4 aromatic rings. The Hall–Kier alpha value is -5.29. The molecule has 3 atom stereocenters. The van der Waals surface area contributed by atoms with Crippen LogP contribution >= 0.6 is 0 Å². The molecule has 4 amide bonds. The van der Waals surface area contributed by atoms with Gasteiger partial charge in [0.2, 0.25) is 30.0 Å². The smallest absolute Gasteiger partial charge is 0.245 e. The number of hydrogen-bond donors (Lipinski definition) is 4. The van der Waals surface area contributed by atoms with Gasteiger partial charge in [0.05, 0.1) is 12.1 Å². The zero-order chi connectivity index (χ0) is 32.3. The van der Waals surface area contributed by atoms with Gasteiger partial charge in [0, 0.05) is 44.9 Å². The summed E-state index contributed by atoms with van der Waals surface area (Å²) in [5, 5.41) is 18.3. The number of carbonyl (C=O) groups is 5. The van der Waals surface area contributed by atoms with Gasteiger partial charge in [0.25, 0.3) is 0 Å². The second-order valence-electron chi connectivity index (χ2n) is 10.8. The summed E-state index contributed by atoms with van der Waals surface area (Å²) in [6, 6.07) is 22.4. The Labute approximate surface area is 261 Å². The van der Waals surface area contributed by atoms with Gasteiger partial charge in [-0.2, -0.15) is 0 Å². The first kappa shape index (κ1) is 32.6. The molecule has 45 heavy (non-hydrogen) atoms. The molecule has 1 aromatic heterocycles. The Morgan fingerprint density at radius 2 is 1.36 bits per heavy atom. The van der Waals surface area contributed by atoms with Gasteiger partial charge in [0.1, 0.15) is 18.1 Å². The van der Waals surface area contributed by atoms with Crippen molar-refractivity contribution >= 4 is 40.9 Å². The van der Waals surface area contributed by atoms with E-state index in [4.69, 9.17) is 0 Å². The zero-order valence-corrected chi connectivity index (χ0v) is 25.2. The Morgan fingerprint density at radius 1 is 0.778 bits per heavy atom. The van der Waals surface area contributed by atoms with Crippen LogP contribution in [-0.2, 0) is 43.4 Å². The Morgan fingerprint density at radius 3 is 1.98 bits per heavy atom. The van der Waals surface area contributed by atoms with Crippen LogP contribution in [0, 0.1) is 0 Å². The molecule has 0 aliphatic carbocycles. The van der Waals surface area contributed by atoms with Crippen molar-refractivity contribution in [3.63, 3.8) is 0 Å². The molecule has 11 nitrogen and oxygen atoms in total. The summed E-state index contributed by atoms with van der Waals surface area (Å²) in [7, 11) is 1.66. The van der Waals surface area contributed by atoms with Gasteiger partial charge in [0.15, 0.2) is 0 Å². The van der Waals surface area contributed by atoms with E-state index in [0.29, 0.717) is 29.4 Å². The second-order valence-corrected chi connectivity index (χ2v) is 10.8. The topological polar surface area (TPSA) is 150 Å². The van der Waals surface area contributed by atoms with E-state index in [1.807, 2.05) is 60.7 Å². The Bertz CT molecular complexity index is 1640. The number of likely N-dealkylation sites (N-methyl/N-ethyl adjacent to an activating group) is 1. The number of nitrogens with zero attached hydrogens (tertiary/aromatic N) is 2. The fourth-order valence-corrected chi connectivity index (χ4v) is 5.19. The maximum absolute atomic E-state index is 14.0. The lowest BCUT2D eigenvalue weighted by Gasteiger charge is -2.27. The van der Waals surface area contributed by atoms with Crippen LogP contribution in [0.2, 0.25) is 0 Å². The number of amides is 4. The molecule has 4 rings (SSSR count). The van der Waals surface area contributed by atoms with Gasteiger partial charge in [-0.1, -0.05) is 78.9 Å². The lowest BCUT2D eigenvalue weighted by atomic mass is 10.0. The predicted molar refractivity (Wildman–Crippen MR) is 169 cm³/mol. The number of carbonyl (C=O) groups excluding carboxylic acids is 5. The van der Waals surface area contributed by atoms with E-state index in [0.717, 1.165) is 11.1 Å². The summed E-state index contributed by atoms with van der Waals surface area (Å²) in [5.74, 6) is -2.29. The zero-order valence-electron chi connectivity index (χ0n) is 25.2. The van der Waals surface area contributed by atoms with Crippen molar-refractivity contribution < 1.29 is 29.1 Å². The molecule has 0 aliphatic rings. The second kappa shape index (κ2) is 15.4. The van der Waals surface area contributed by atoms with Crippen LogP contribution in [0.5, 0.6) is 0 Å². The van der Waals surface area contributed by atoms with E-state index >= 15 is 0 Å². The molecular weight excluding hydrogens is 574 g/mol. The third-order valence-corrected chi connectivity index (χ3v) is 7.41. The summed E-state index contributed by atoms with van der Waals surface area (Å²) >= 11 is 0. The van der Waals surface area contributed by atoms with Crippen molar-refractivity contribution in [2.24, 2.45) is 0 Å². The van der Waals surface area contributed by atoms with Gasteiger partial charge < -0.3 is 26.0 Å². The third-order valence-electron chi connectivity index (χ3n) is 7.41. The van der Waals surface area contributed by atoms with Crippen LogP contribution in [0.1, 0.15) is 23.6 Å². The summed E-state index contributed by atoms with van der Waals surface area (Å²) in [6.45, 7) is 0.838. The molecule has 11 heteroatoms. The average Bonchev–Trinajstić information content (AvgIpc) is 3.40. The molecule has 0 saturated heterocycles. The van der Waals surface area contributed by atoms with Crippen molar-refractivity contribution in [1.29, 1.82) is 0 Å². The molecule has 0 aliphatic heterocycles. The number of aliphatic hydroxyl groups is 1. The first-order chi connectivity index (χ1) is 21.7. The monoisotopic (exact) mass is 611 g/mol. The average molecular weight is 612 g/mol. The van der Waals surface area contributed by atoms with E-state index in [1.165, 1.54) is 16.4 Å². The van der Waals surface area contributed by atoms with Gasteiger partial charge in [-0.25, -0.2) is 0 Å². The lowest BCUT2D eigenvalue weighted by molar-refractivity contribution is -0.137. The molecule has 1 unspecified atom stereocenters. The van der Waals surface area contributed by atoms with E-state index in [2.05, 4.69) is 16.0 Å². The molecule has 0 fully saturated rings. The predicted octanol–water partition coefficient (Wildman–Crippen LogP) is 1.59. The molecule has 3 aromatic carbocycles. The minimum atomic E-state index is -1.30. The molecule has 4 N–H and O–H groups in total. The fourth-order valence-electron chi connectivity index (χ4n) is 5.19. The van der Waals surface area contributed by atoms with Gasteiger partial charge in [-0.3, -0.25) is 28.5 Å². The summed E-state index contributed by atoms with van der Waals surface area (Å²) in [4.78, 5) is 65.9. The van der Waals surface area contributed by atoms with Crippen LogP contribution in [0.3, 0.4) is 0 Å². The first-order valence-electron chi connectivity index (χ1n) is 14.6. The quantitative estimate of drug-likeness (QED) is 0.159. The van der Waals surface area contributed by atoms with Crippen LogP contribution in [0.15, 0.2) is 91.1 Å². The van der Waals surface area contributed by atoms with E-state index < -0.39 is 42.5 Å². The summed E-state index contributed by atoms with van der Waals surface area (Å²) < 4.78 is 1.38. The number of aliphatic hydroxyl groups excluding tert-OH is 1. The van der Waals surface area contributed by atoms with Crippen molar-refractivity contribution in [3.05, 3.63) is 108 Å². The molecular formula is C34H37N5O6. The SMILES string of the molecule is CC(=O)NC(CO)C(=O)N[C@H](Cc1cn(C=O)c2ccccc12)C(=O)N[C@@H](Cc1ccccc1)C(=O)N(C)Cc1ccccc1. The molecule has 0 saturated carbocycles. The van der Waals surface area contributed by atoms with Crippen molar-refractivity contribution in [3.8, 4) is 0 Å². The minimum absolute atomic E-state index is 0.0384. The van der Waals surface area contributed by atoms with Crippen LogP contribution < -0.4 is 16.0 Å². The largest absolute Gasteiger partial charge is 0.394 e. The van der Waals surface area contributed by atoms with Crippen LogP contribution in [0.4, 0.5) is 0 Å². The molecule has 0 radical (unpaired) electrons. The Kier molecular flexibility index (Phi) is 11.2. The highest BCUT2D eigenvalue weighted by molar-refractivity contribution is 5.95. The molecule has 234 valence electrons. The Balaban J connectivity index is 1.64. The maximum atomic E-state index is 14.0. The number of hydrogen-bond acceptors (Lipinski definition) is 6. The highest BCUT2D eigenvalue weighted by Gasteiger charge is 2.31. The number of benzene rings is 3. The first-order valence-corrected chi connectivity index (χ1v) is 14.6. The van der Waals surface area contributed by atoms with E-state index in [9.17, 15) is 29.1 Å². The van der Waals surface area contributed by atoms with Crippen molar-refractivity contribution in [1.82, 2.24) is 25.4 Å². The number of aromatic nitrogens is 1.